The first-order valence-electron chi connectivity index (χ1n) is 13.0. The number of carbonyl (C=O) groups is 1. The second kappa shape index (κ2) is 12.8. The summed E-state index contributed by atoms with van der Waals surface area (Å²) < 4.78 is 32.2. The number of pyridine rings is 1. The molecule has 0 saturated carbocycles. The number of nitriles is 1. The highest BCUT2D eigenvalue weighted by atomic mass is 35.5. The van der Waals surface area contributed by atoms with Crippen molar-refractivity contribution in [3.63, 3.8) is 0 Å². The summed E-state index contributed by atoms with van der Waals surface area (Å²) in [5.74, 6) is 0.185. The molecule has 42 heavy (non-hydrogen) atoms. The Bertz CT molecular complexity index is 1810. The highest BCUT2D eigenvalue weighted by molar-refractivity contribution is 6.31. The van der Waals surface area contributed by atoms with Crippen LogP contribution < -0.4 is 4.74 Å². The second-order valence-corrected chi connectivity index (χ2v) is 9.83. The molecule has 0 radical (unpaired) electrons. The number of aromatic nitrogens is 3. The van der Waals surface area contributed by atoms with E-state index in [-0.39, 0.29) is 12.2 Å². The third kappa shape index (κ3) is 6.25. The fourth-order valence-electron chi connectivity index (χ4n) is 4.55. The largest absolute Gasteiger partial charge is 0.473 e. The van der Waals surface area contributed by atoms with Crippen molar-refractivity contribution in [2.24, 2.45) is 0 Å². The lowest BCUT2D eigenvalue weighted by Gasteiger charge is -2.12. The van der Waals surface area contributed by atoms with Crippen molar-refractivity contribution in [1.82, 2.24) is 14.5 Å². The highest BCUT2D eigenvalue weighted by Gasteiger charge is 2.16. The molecule has 0 aliphatic heterocycles. The van der Waals surface area contributed by atoms with E-state index in [2.05, 4.69) is 4.98 Å². The van der Waals surface area contributed by atoms with E-state index in [9.17, 15) is 9.18 Å². The number of rotatable bonds is 10. The topological polar surface area (TPSA) is 99.3 Å². The van der Waals surface area contributed by atoms with Crippen molar-refractivity contribution in [1.29, 1.82) is 5.26 Å². The number of halogens is 2. The maximum atomic E-state index is 14.2. The van der Waals surface area contributed by atoms with Gasteiger partial charge in [0.25, 0.3) is 0 Å². The molecule has 0 atom stereocenters. The van der Waals surface area contributed by atoms with Crippen LogP contribution in [0.1, 0.15) is 32.9 Å². The molecule has 2 aromatic heterocycles. The third-order valence-electron chi connectivity index (χ3n) is 6.75. The average Bonchev–Trinajstić information content (AvgIpc) is 3.35. The van der Waals surface area contributed by atoms with Crippen LogP contribution in [0.2, 0.25) is 5.02 Å². The Morgan fingerprint density at radius 2 is 1.86 bits per heavy atom. The zero-order chi connectivity index (χ0) is 29.6. The van der Waals surface area contributed by atoms with Crippen molar-refractivity contribution in [2.45, 2.75) is 19.6 Å². The minimum absolute atomic E-state index is 0.0289. The molecule has 0 fully saturated rings. The highest BCUT2D eigenvalue weighted by Crippen LogP contribution is 2.29. The van der Waals surface area contributed by atoms with Gasteiger partial charge in [-0.05, 0) is 48.0 Å². The van der Waals surface area contributed by atoms with Gasteiger partial charge in [-0.15, -0.1) is 0 Å². The van der Waals surface area contributed by atoms with E-state index >= 15 is 0 Å². The summed E-state index contributed by atoms with van der Waals surface area (Å²) in [7, 11) is 2.98. The maximum Gasteiger partial charge on any atom is 0.337 e. The van der Waals surface area contributed by atoms with Gasteiger partial charge < -0.3 is 18.8 Å². The monoisotopic (exact) mass is 584 g/mol. The number of benzene rings is 3. The summed E-state index contributed by atoms with van der Waals surface area (Å²) in [6.07, 6.45) is 0.456. The smallest absolute Gasteiger partial charge is 0.337 e. The summed E-state index contributed by atoms with van der Waals surface area (Å²) in [5.41, 5.74) is 4.87. The van der Waals surface area contributed by atoms with Gasteiger partial charge >= 0.3 is 5.97 Å². The molecule has 0 amide bonds. The van der Waals surface area contributed by atoms with Crippen LogP contribution in [-0.2, 0) is 29.0 Å². The Labute approximate surface area is 246 Å². The molecule has 8 nitrogen and oxygen atoms in total. The van der Waals surface area contributed by atoms with Crippen LogP contribution in [0.3, 0.4) is 0 Å². The normalized spacial score (nSPS) is 10.9. The first kappa shape index (κ1) is 28.7. The number of hydrogen-bond donors (Lipinski definition) is 0. The van der Waals surface area contributed by atoms with Gasteiger partial charge in [-0.2, -0.15) is 5.26 Å². The number of hydrogen-bond acceptors (Lipinski definition) is 7. The lowest BCUT2D eigenvalue weighted by atomic mass is 10.1. The van der Waals surface area contributed by atoms with Gasteiger partial charge in [0.1, 0.15) is 18.2 Å². The van der Waals surface area contributed by atoms with Crippen LogP contribution in [0, 0.1) is 17.1 Å². The number of fused-ring (bicyclic) bond motifs is 1. The molecule has 5 rings (SSSR count). The van der Waals surface area contributed by atoms with Gasteiger partial charge in [0.15, 0.2) is 0 Å². The van der Waals surface area contributed by atoms with Crippen LogP contribution in [0.25, 0.3) is 22.3 Å². The minimum atomic E-state index is -0.507. The first-order valence-corrected chi connectivity index (χ1v) is 13.4. The number of esters is 1. The molecule has 212 valence electrons. The van der Waals surface area contributed by atoms with Crippen molar-refractivity contribution in [3.8, 4) is 23.2 Å². The van der Waals surface area contributed by atoms with E-state index in [0.717, 1.165) is 28.0 Å². The van der Waals surface area contributed by atoms with Crippen molar-refractivity contribution in [3.05, 3.63) is 112 Å². The summed E-state index contributed by atoms with van der Waals surface area (Å²) >= 11 is 6.75. The van der Waals surface area contributed by atoms with Gasteiger partial charge in [-0.25, -0.2) is 19.2 Å². The molecule has 10 heteroatoms. The number of carbonyl (C=O) groups excluding carboxylic acids is 1. The summed E-state index contributed by atoms with van der Waals surface area (Å²) in [5, 5.41) is 9.47. The van der Waals surface area contributed by atoms with Crippen molar-refractivity contribution < 1.29 is 23.4 Å². The molecular formula is C32H26ClFN4O4. The molecule has 0 saturated heterocycles. The Morgan fingerprint density at radius 3 is 2.60 bits per heavy atom. The van der Waals surface area contributed by atoms with E-state index < -0.39 is 11.8 Å². The fraction of sp³-hybridized carbons (Fsp3) is 0.188. The predicted molar refractivity (Wildman–Crippen MR) is 156 cm³/mol. The lowest BCUT2D eigenvalue weighted by molar-refractivity contribution is 0.0601. The Balaban J connectivity index is 1.37. The molecule has 0 unspecified atom stereocenters. The zero-order valence-corrected chi connectivity index (χ0v) is 23.7. The van der Waals surface area contributed by atoms with Crippen LogP contribution in [0.15, 0.2) is 72.8 Å². The SMILES string of the molecule is COCCn1c(Cc2ccc(-c3cccc(OCc4ccc(C#N)cc4F)n3)cc2Cl)nc2ccc(C(=O)OC)cc21. The van der Waals surface area contributed by atoms with Gasteiger partial charge in [-0.3, -0.25) is 0 Å². The third-order valence-corrected chi connectivity index (χ3v) is 7.10. The number of imidazole rings is 1. The van der Waals surface area contributed by atoms with Crippen LogP contribution >= 0.6 is 11.6 Å². The molecule has 5 aromatic rings. The molecule has 0 aliphatic rings. The standard InChI is InChI=1S/C32H26ClFN4O4/c1-40-13-12-38-29-16-23(32(39)41-2)10-11-28(29)36-30(38)17-21-8-9-22(15-25(21)33)27-4-3-5-31(37-27)42-19-24-7-6-20(18-35)14-26(24)34/h3-11,14-16H,12-13,17,19H2,1-2H3. The molecule has 0 bridgehead atoms. The fourth-order valence-corrected chi connectivity index (χ4v) is 4.79. The molecule has 3 aromatic carbocycles. The second-order valence-electron chi connectivity index (χ2n) is 9.42. The first-order chi connectivity index (χ1) is 20.4. The van der Waals surface area contributed by atoms with Crippen LogP contribution in [0.4, 0.5) is 4.39 Å². The zero-order valence-electron chi connectivity index (χ0n) is 22.9. The van der Waals surface area contributed by atoms with Gasteiger partial charge in [-0.1, -0.05) is 35.9 Å². The summed E-state index contributed by atoms with van der Waals surface area (Å²) in [6, 6.07) is 22.4. The average molecular weight is 585 g/mol. The van der Waals surface area contributed by atoms with Crippen molar-refractivity contribution >= 4 is 28.6 Å². The molecule has 2 heterocycles. The van der Waals surface area contributed by atoms with Gasteiger partial charge in [0.2, 0.25) is 5.88 Å². The Morgan fingerprint density at radius 1 is 1.02 bits per heavy atom. The molecule has 0 aliphatic carbocycles. The maximum absolute atomic E-state index is 14.2. The van der Waals surface area contributed by atoms with E-state index in [1.165, 1.54) is 19.2 Å². The van der Waals surface area contributed by atoms with Crippen molar-refractivity contribution in [2.75, 3.05) is 20.8 Å². The summed E-state index contributed by atoms with van der Waals surface area (Å²) in [4.78, 5) is 21.5. The van der Waals surface area contributed by atoms with E-state index in [1.807, 2.05) is 34.9 Å². The Kier molecular flexibility index (Phi) is 8.77. The van der Waals surface area contributed by atoms with Gasteiger partial charge in [0.05, 0.1) is 47.6 Å². The predicted octanol–water partition coefficient (Wildman–Crippen LogP) is 6.37. The number of methoxy groups -OCH3 is 2. The number of ether oxygens (including phenoxy) is 3. The van der Waals surface area contributed by atoms with E-state index in [0.29, 0.717) is 47.3 Å². The molecule has 0 N–H and O–H groups in total. The lowest BCUT2D eigenvalue weighted by Crippen LogP contribution is -2.09. The van der Waals surface area contributed by atoms with E-state index in [4.69, 9.17) is 36.1 Å². The number of nitrogens with zero attached hydrogens (tertiary/aromatic N) is 4. The van der Waals surface area contributed by atoms with Crippen LogP contribution in [-0.4, -0.2) is 41.3 Å². The molecule has 0 spiro atoms. The van der Waals surface area contributed by atoms with Gasteiger partial charge in [0, 0.05) is 42.3 Å². The Hall–Kier alpha value is -4.78. The molecular weight excluding hydrogens is 559 g/mol. The quantitative estimate of drug-likeness (QED) is 0.176. The minimum Gasteiger partial charge on any atom is -0.473 e. The van der Waals surface area contributed by atoms with E-state index in [1.54, 1.807) is 43.5 Å². The van der Waals surface area contributed by atoms with Crippen LogP contribution in [0.5, 0.6) is 5.88 Å². The summed E-state index contributed by atoms with van der Waals surface area (Å²) in [6.45, 7) is 0.986.